The van der Waals surface area contributed by atoms with Gasteiger partial charge in [-0.05, 0) is 23.5 Å². The lowest BCUT2D eigenvalue weighted by atomic mass is 9.91. The highest BCUT2D eigenvalue weighted by molar-refractivity contribution is 7.82. The zero-order valence-electron chi connectivity index (χ0n) is 10.9. The van der Waals surface area contributed by atoms with Crippen molar-refractivity contribution in [1.82, 2.24) is 0 Å². The summed E-state index contributed by atoms with van der Waals surface area (Å²) in [5.41, 5.74) is 8.26. The summed E-state index contributed by atoms with van der Waals surface area (Å²) in [6.45, 7) is 7.85. The normalized spacial score (nSPS) is 16.6. The van der Waals surface area contributed by atoms with E-state index in [-0.39, 0.29) is 23.3 Å². The highest BCUT2D eigenvalue weighted by atomic mass is 32.3. The summed E-state index contributed by atoms with van der Waals surface area (Å²) < 4.78 is 32.4. The van der Waals surface area contributed by atoms with Crippen molar-refractivity contribution in [3.63, 3.8) is 0 Å². The van der Waals surface area contributed by atoms with Crippen LogP contribution in [0.5, 0.6) is 11.5 Å². The maximum atomic E-state index is 11.4. The van der Waals surface area contributed by atoms with Gasteiger partial charge in [-0.2, -0.15) is 0 Å². The van der Waals surface area contributed by atoms with Gasteiger partial charge >= 0.3 is 10.4 Å². The number of nitrogen functional groups attached to an aromatic ring is 1. The van der Waals surface area contributed by atoms with E-state index >= 15 is 0 Å². The van der Waals surface area contributed by atoms with Crippen molar-refractivity contribution < 1.29 is 16.8 Å². The zero-order valence-corrected chi connectivity index (χ0v) is 11.7. The molecule has 0 aliphatic carbocycles. The van der Waals surface area contributed by atoms with Crippen LogP contribution in [0, 0.1) is 0 Å². The van der Waals surface area contributed by atoms with E-state index in [9.17, 15) is 8.42 Å². The molecule has 0 bridgehead atoms. The predicted molar refractivity (Wildman–Crippen MR) is 69.2 cm³/mol. The van der Waals surface area contributed by atoms with Crippen LogP contribution in [-0.4, -0.2) is 8.42 Å². The Labute approximate surface area is 107 Å². The fourth-order valence-electron chi connectivity index (χ4n) is 2.12. The van der Waals surface area contributed by atoms with Gasteiger partial charge in [-0.3, -0.25) is 0 Å². The molecule has 0 amide bonds. The Hall–Kier alpha value is -1.43. The third-order valence-electron chi connectivity index (χ3n) is 2.93. The van der Waals surface area contributed by atoms with Crippen LogP contribution in [-0.2, 0) is 10.4 Å². The summed E-state index contributed by atoms with van der Waals surface area (Å²) in [4.78, 5) is 0. The molecule has 1 heterocycles. The van der Waals surface area contributed by atoms with Crippen LogP contribution in [0.3, 0.4) is 0 Å². The molecule has 0 unspecified atom stereocenters. The van der Waals surface area contributed by atoms with E-state index in [4.69, 9.17) is 14.1 Å². The van der Waals surface area contributed by atoms with Gasteiger partial charge in [-0.1, -0.05) is 27.7 Å². The van der Waals surface area contributed by atoms with E-state index in [0.717, 1.165) is 5.56 Å². The van der Waals surface area contributed by atoms with Gasteiger partial charge in [0.2, 0.25) is 0 Å². The minimum absolute atomic E-state index is 0.0503. The summed E-state index contributed by atoms with van der Waals surface area (Å²) in [5, 5.41) is 0. The van der Waals surface area contributed by atoms with E-state index in [1.54, 1.807) is 6.07 Å². The minimum Gasteiger partial charge on any atom is -0.398 e. The highest BCUT2D eigenvalue weighted by Crippen LogP contribution is 2.47. The molecule has 1 aromatic rings. The smallest absolute Gasteiger partial charge is 0.398 e. The zero-order chi connectivity index (χ0) is 13.7. The van der Waals surface area contributed by atoms with Gasteiger partial charge in [0.1, 0.15) is 0 Å². The Balaban J connectivity index is 2.73. The first-order chi connectivity index (χ1) is 8.23. The lowest BCUT2D eigenvalue weighted by molar-refractivity contribution is 0.435. The van der Waals surface area contributed by atoms with Crippen molar-refractivity contribution in [2.24, 2.45) is 0 Å². The Bertz CT molecular complexity index is 591. The monoisotopic (exact) mass is 271 g/mol. The molecule has 0 radical (unpaired) electrons. The number of hydrogen-bond acceptors (Lipinski definition) is 5. The Kier molecular flexibility index (Phi) is 2.93. The van der Waals surface area contributed by atoms with Gasteiger partial charge in [0.25, 0.3) is 0 Å². The number of benzene rings is 1. The van der Waals surface area contributed by atoms with E-state index < -0.39 is 10.4 Å². The quantitative estimate of drug-likeness (QED) is 0.836. The number of anilines is 1. The molecule has 2 N–H and O–H groups in total. The molecule has 1 aromatic carbocycles. The standard InChI is InChI=1S/C12H17NO4S/c1-6(2)8-5-9-12(17-18(14,15)16-9)10(7(3)4)11(8)13/h5-7H,13H2,1-4H3. The van der Waals surface area contributed by atoms with Crippen LogP contribution in [0.1, 0.15) is 50.7 Å². The molecule has 0 saturated heterocycles. The average Bonchev–Trinajstić information content (AvgIpc) is 2.49. The van der Waals surface area contributed by atoms with Crippen molar-refractivity contribution >= 4 is 16.1 Å². The Morgan fingerprint density at radius 1 is 1.11 bits per heavy atom. The first kappa shape index (κ1) is 13.0. The van der Waals surface area contributed by atoms with Crippen LogP contribution in [0.25, 0.3) is 0 Å². The summed E-state index contributed by atoms with van der Waals surface area (Å²) in [6, 6.07) is 1.64. The molecule has 6 heteroatoms. The molecule has 0 spiro atoms. The summed E-state index contributed by atoms with van der Waals surface area (Å²) in [5.74, 6) is 0.692. The van der Waals surface area contributed by atoms with Crippen LogP contribution in [0.15, 0.2) is 6.07 Å². The molecular weight excluding hydrogens is 254 g/mol. The van der Waals surface area contributed by atoms with Crippen LogP contribution >= 0.6 is 0 Å². The fraction of sp³-hybridized carbons (Fsp3) is 0.500. The molecular formula is C12H17NO4S. The van der Waals surface area contributed by atoms with E-state index in [2.05, 4.69) is 0 Å². The van der Waals surface area contributed by atoms with Gasteiger partial charge < -0.3 is 14.1 Å². The summed E-state index contributed by atoms with van der Waals surface area (Å²) in [6.07, 6.45) is 0. The molecule has 0 fully saturated rings. The topological polar surface area (TPSA) is 78.6 Å². The highest BCUT2D eigenvalue weighted by Gasteiger charge is 2.34. The predicted octanol–water partition coefficient (Wildman–Crippen LogP) is 2.53. The third kappa shape index (κ3) is 2.01. The first-order valence-corrected chi connectivity index (χ1v) is 7.16. The number of fused-ring (bicyclic) bond motifs is 1. The molecule has 1 aliphatic rings. The minimum atomic E-state index is -3.98. The largest absolute Gasteiger partial charge is 0.501 e. The maximum absolute atomic E-state index is 11.4. The van der Waals surface area contributed by atoms with Crippen molar-refractivity contribution in [3.8, 4) is 11.5 Å². The van der Waals surface area contributed by atoms with Crippen LogP contribution < -0.4 is 14.1 Å². The first-order valence-electron chi connectivity index (χ1n) is 5.83. The molecule has 2 rings (SSSR count). The van der Waals surface area contributed by atoms with Crippen LogP contribution in [0.4, 0.5) is 5.69 Å². The van der Waals surface area contributed by atoms with E-state index in [0.29, 0.717) is 11.3 Å². The van der Waals surface area contributed by atoms with Crippen LogP contribution in [0.2, 0.25) is 0 Å². The van der Waals surface area contributed by atoms with Gasteiger partial charge in [-0.15, -0.1) is 8.42 Å². The van der Waals surface area contributed by atoms with Crippen molar-refractivity contribution in [3.05, 3.63) is 17.2 Å². The molecule has 100 valence electrons. The van der Waals surface area contributed by atoms with E-state index in [1.807, 2.05) is 27.7 Å². The molecule has 18 heavy (non-hydrogen) atoms. The van der Waals surface area contributed by atoms with Gasteiger partial charge in [0, 0.05) is 11.3 Å². The van der Waals surface area contributed by atoms with Gasteiger partial charge in [-0.25, -0.2) is 0 Å². The molecule has 5 nitrogen and oxygen atoms in total. The fourth-order valence-corrected chi connectivity index (χ4v) is 2.88. The van der Waals surface area contributed by atoms with Gasteiger partial charge in [0.15, 0.2) is 11.5 Å². The second-order valence-electron chi connectivity index (χ2n) is 5.00. The second kappa shape index (κ2) is 4.05. The number of nitrogens with two attached hydrogens (primary N) is 1. The lowest BCUT2D eigenvalue weighted by Crippen LogP contribution is -2.08. The molecule has 0 atom stereocenters. The third-order valence-corrected chi connectivity index (χ3v) is 3.69. The van der Waals surface area contributed by atoms with Crippen molar-refractivity contribution in [2.45, 2.75) is 39.5 Å². The lowest BCUT2D eigenvalue weighted by Gasteiger charge is -2.17. The van der Waals surface area contributed by atoms with Gasteiger partial charge in [0.05, 0.1) is 0 Å². The Morgan fingerprint density at radius 3 is 2.22 bits per heavy atom. The molecule has 0 aromatic heterocycles. The van der Waals surface area contributed by atoms with Crippen molar-refractivity contribution in [1.29, 1.82) is 0 Å². The van der Waals surface area contributed by atoms with Crippen molar-refractivity contribution in [2.75, 3.05) is 5.73 Å². The number of rotatable bonds is 2. The average molecular weight is 271 g/mol. The SMILES string of the molecule is CC(C)c1cc2c(c(C(C)C)c1N)OS(=O)(=O)O2. The molecule has 1 aliphatic heterocycles. The maximum Gasteiger partial charge on any atom is 0.501 e. The molecule has 0 saturated carbocycles. The number of hydrogen-bond donors (Lipinski definition) is 1. The van der Waals surface area contributed by atoms with E-state index in [1.165, 1.54) is 0 Å². The summed E-state index contributed by atoms with van der Waals surface area (Å²) in [7, 11) is -3.98. The second-order valence-corrected chi connectivity index (χ2v) is 6.15. The summed E-state index contributed by atoms with van der Waals surface area (Å²) >= 11 is 0. The Morgan fingerprint density at radius 2 is 1.72 bits per heavy atom.